The molecule has 0 saturated carbocycles. The number of aliphatic imine (C=N–C) groups is 1. The van der Waals surface area contributed by atoms with E-state index < -0.39 is 0 Å². The summed E-state index contributed by atoms with van der Waals surface area (Å²) >= 11 is 0. The minimum Gasteiger partial charge on any atom is -0.510 e. The maximum absolute atomic E-state index is 9.41. The fourth-order valence-corrected chi connectivity index (χ4v) is 0.838. The number of hydrogen-bond donors (Lipinski definition) is 3. The van der Waals surface area contributed by atoms with Crippen LogP contribution < -0.4 is 5.32 Å². The van der Waals surface area contributed by atoms with E-state index >= 15 is 0 Å². The largest absolute Gasteiger partial charge is 0.510 e. The van der Waals surface area contributed by atoms with Crippen molar-refractivity contribution in [2.75, 3.05) is 7.05 Å². The van der Waals surface area contributed by atoms with Crippen LogP contribution in [0.4, 0.5) is 0 Å². The van der Waals surface area contributed by atoms with E-state index in [9.17, 15) is 5.11 Å². The number of aliphatic hydroxyl groups excluding tert-OH is 1. The molecule has 0 fully saturated rings. The monoisotopic (exact) mass is 227 g/mol. The Hall–Kier alpha value is -1.32. The molecule has 16 heavy (non-hydrogen) atoms. The maximum atomic E-state index is 9.41. The van der Waals surface area contributed by atoms with Crippen LogP contribution in [0.1, 0.15) is 41.0 Å². The van der Waals surface area contributed by atoms with Gasteiger partial charge in [0, 0.05) is 12.8 Å². The van der Waals surface area contributed by atoms with Gasteiger partial charge in [0.1, 0.15) is 5.76 Å². The number of nitrogens with zero attached hydrogens (tertiary/aromatic N) is 1. The Labute approximate surface area is 99.0 Å². The first kappa shape index (κ1) is 17.1. The summed E-state index contributed by atoms with van der Waals surface area (Å²) in [4.78, 5) is 3.94. The average molecular weight is 227 g/mol. The van der Waals surface area contributed by atoms with Gasteiger partial charge in [-0.2, -0.15) is 0 Å². The van der Waals surface area contributed by atoms with Gasteiger partial charge in [0.2, 0.25) is 0 Å². The molecule has 1 atom stereocenters. The first-order chi connectivity index (χ1) is 7.34. The van der Waals surface area contributed by atoms with E-state index in [1.807, 2.05) is 20.8 Å². The third-order valence-corrected chi connectivity index (χ3v) is 1.62. The molecule has 1 unspecified atom stereocenters. The van der Waals surface area contributed by atoms with Gasteiger partial charge in [0.05, 0.1) is 11.9 Å². The van der Waals surface area contributed by atoms with Crippen molar-refractivity contribution in [2.24, 2.45) is 4.99 Å². The zero-order valence-corrected chi connectivity index (χ0v) is 11.3. The Balaban J connectivity index is 0. The molecule has 0 aromatic heterocycles. The summed E-state index contributed by atoms with van der Waals surface area (Å²) in [7, 11) is 1.72. The molecule has 0 aliphatic carbocycles. The normalized spacial score (nSPS) is 13.6. The summed E-state index contributed by atoms with van der Waals surface area (Å²) < 4.78 is 0. The molecular formula is C12H25N3O. The standard InChI is InChI=1S/C9H18N2O.C3H7N/c1-5-6-9(12)7(2)11-8(3)10-4;1-3(2)4/h6-7,12H,5H2,1-4H3,(H,10,11);4H,1-2H3/b9-6+;. The van der Waals surface area contributed by atoms with Crippen LogP contribution in [0.2, 0.25) is 0 Å². The lowest BCUT2D eigenvalue weighted by Gasteiger charge is -2.13. The topological polar surface area (TPSA) is 68.5 Å². The molecule has 0 saturated heterocycles. The van der Waals surface area contributed by atoms with Crippen LogP contribution in [0.5, 0.6) is 0 Å². The van der Waals surface area contributed by atoms with E-state index in [0.29, 0.717) is 11.5 Å². The fraction of sp³-hybridized carbons (Fsp3) is 0.667. The van der Waals surface area contributed by atoms with Crippen LogP contribution in [-0.4, -0.2) is 29.7 Å². The van der Waals surface area contributed by atoms with Crippen molar-refractivity contribution in [2.45, 2.75) is 47.1 Å². The van der Waals surface area contributed by atoms with Gasteiger partial charge in [-0.3, -0.25) is 4.99 Å². The van der Waals surface area contributed by atoms with Gasteiger partial charge in [-0.05, 0) is 40.2 Å². The molecule has 0 radical (unpaired) electrons. The molecule has 3 N–H and O–H groups in total. The van der Waals surface area contributed by atoms with Gasteiger partial charge >= 0.3 is 0 Å². The van der Waals surface area contributed by atoms with Crippen molar-refractivity contribution in [3.63, 3.8) is 0 Å². The van der Waals surface area contributed by atoms with E-state index in [2.05, 4.69) is 10.3 Å². The van der Waals surface area contributed by atoms with E-state index in [4.69, 9.17) is 5.41 Å². The van der Waals surface area contributed by atoms with Gasteiger partial charge < -0.3 is 15.8 Å². The molecule has 94 valence electrons. The van der Waals surface area contributed by atoms with Crippen molar-refractivity contribution < 1.29 is 5.11 Å². The van der Waals surface area contributed by atoms with Crippen molar-refractivity contribution in [3.8, 4) is 0 Å². The predicted molar refractivity (Wildman–Crippen MR) is 71.7 cm³/mol. The Morgan fingerprint density at radius 3 is 2.19 bits per heavy atom. The SMILES string of the molecule is CC(C)=N.CC/C=C(/O)C(C)NC(C)=NC. The van der Waals surface area contributed by atoms with Crippen LogP contribution >= 0.6 is 0 Å². The summed E-state index contributed by atoms with van der Waals surface area (Å²) in [6.45, 7) is 9.26. The molecule has 0 spiro atoms. The Morgan fingerprint density at radius 2 is 1.88 bits per heavy atom. The molecule has 0 rings (SSSR count). The van der Waals surface area contributed by atoms with Crippen molar-refractivity contribution in [1.82, 2.24) is 5.32 Å². The summed E-state index contributed by atoms with van der Waals surface area (Å²) in [5.74, 6) is 1.21. The zero-order chi connectivity index (χ0) is 13.1. The molecule has 0 amide bonds. The van der Waals surface area contributed by atoms with E-state index in [1.165, 1.54) is 0 Å². The molecule has 0 aliphatic rings. The van der Waals surface area contributed by atoms with Crippen LogP contribution in [0, 0.1) is 5.41 Å². The second-order valence-electron chi connectivity index (χ2n) is 3.71. The van der Waals surface area contributed by atoms with Gasteiger partial charge in [0.25, 0.3) is 0 Å². The number of nitrogens with one attached hydrogen (secondary N) is 2. The first-order valence-electron chi connectivity index (χ1n) is 5.45. The van der Waals surface area contributed by atoms with Crippen LogP contribution in [0.25, 0.3) is 0 Å². The van der Waals surface area contributed by atoms with Crippen molar-refractivity contribution >= 4 is 11.5 Å². The summed E-state index contributed by atoms with van der Waals surface area (Å²) in [6, 6.07) is -0.0475. The van der Waals surface area contributed by atoms with Crippen LogP contribution in [0.15, 0.2) is 16.8 Å². The molecule has 4 heteroatoms. The van der Waals surface area contributed by atoms with E-state index in [1.54, 1.807) is 27.0 Å². The fourth-order valence-electron chi connectivity index (χ4n) is 0.838. The number of amidine groups is 1. The smallest absolute Gasteiger partial charge is 0.110 e. The lowest BCUT2D eigenvalue weighted by Crippen LogP contribution is -2.32. The molecule has 0 aliphatic heterocycles. The third kappa shape index (κ3) is 12.7. The van der Waals surface area contributed by atoms with Crippen molar-refractivity contribution in [1.29, 1.82) is 5.41 Å². The second-order valence-corrected chi connectivity index (χ2v) is 3.71. The molecule has 4 nitrogen and oxygen atoms in total. The number of aliphatic hydroxyl groups is 1. The highest BCUT2D eigenvalue weighted by Gasteiger charge is 2.05. The average Bonchev–Trinajstić information content (AvgIpc) is 2.17. The predicted octanol–water partition coefficient (Wildman–Crippen LogP) is 2.91. The Bertz CT molecular complexity index is 253. The second kappa shape index (κ2) is 10.2. The zero-order valence-electron chi connectivity index (χ0n) is 11.3. The number of rotatable bonds is 3. The first-order valence-corrected chi connectivity index (χ1v) is 5.45. The highest BCUT2D eigenvalue weighted by atomic mass is 16.3. The lowest BCUT2D eigenvalue weighted by atomic mass is 10.2. The summed E-state index contributed by atoms with van der Waals surface area (Å²) in [5, 5.41) is 19.0. The summed E-state index contributed by atoms with van der Waals surface area (Å²) in [5.41, 5.74) is 0.667. The molecule has 0 aromatic rings. The van der Waals surface area contributed by atoms with E-state index in [-0.39, 0.29) is 6.04 Å². The quantitative estimate of drug-likeness (QED) is 0.394. The minimum atomic E-state index is -0.0475. The Kier molecular flexibility index (Phi) is 10.9. The molecule has 0 bridgehead atoms. The van der Waals surface area contributed by atoms with Crippen molar-refractivity contribution in [3.05, 3.63) is 11.8 Å². The number of allylic oxidation sites excluding steroid dienone is 1. The van der Waals surface area contributed by atoms with Gasteiger partial charge in [0.15, 0.2) is 0 Å². The highest BCUT2D eigenvalue weighted by molar-refractivity contribution is 5.79. The molecule has 0 aromatic carbocycles. The molecule has 0 heterocycles. The Morgan fingerprint density at radius 1 is 1.44 bits per heavy atom. The number of hydrogen-bond acceptors (Lipinski definition) is 3. The highest BCUT2D eigenvalue weighted by Crippen LogP contribution is 1.98. The van der Waals surface area contributed by atoms with Gasteiger partial charge in [-0.15, -0.1) is 0 Å². The van der Waals surface area contributed by atoms with Gasteiger partial charge in [-0.25, -0.2) is 0 Å². The third-order valence-electron chi connectivity index (χ3n) is 1.62. The van der Waals surface area contributed by atoms with Gasteiger partial charge in [-0.1, -0.05) is 6.92 Å². The maximum Gasteiger partial charge on any atom is 0.110 e. The molecular weight excluding hydrogens is 202 g/mol. The van der Waals surface area contributed by atoms with Crippen LogP contribution in [0.3, 0.4) is 0 Å². The summed E-state index contributed by atoms with van der Waals surface area (Å²) in [6.07, 6.45) is 2.64. The lowest BCUT2D eigenvalue weighted by molar-refractivity contribution is 0.362. The minimum absolute atomic E-state index is 0.0475. The van der Waals surface area contributed by atoms with E-state index in [0.717, 1.165) is 12.3 Å². The van der Waals surface area contributed by atoms with Crippen LogP contribution in [-0.2, 0) is 0 Å².